The molecular formula is C23H28N2O2. The normalized spacial score (nSPS) is 10.9. The van der Waals surface area contributed by atoms with Gasteiger partial charge >= 0.3 is 5.97 Å². The number of hydrogen-bond donors (Lipinski definition) is 1. The summed E-state index contributed by atoms with van der Waals surface area (Å²) in [5.74, 6) is -0.873. The Morgan fingerprint density at radius 2 is 1.22 bits per heavy atom. The van der Waals surface area contributed by atoms with Crippen molar-refractivity contribution in [2.75, 3.05) is 37.0 Å². The van der Waals surface area contributed by atoms with E-state index in [1.165, 1.54) is 0 Å². The molecule has 2 aromatic carbocycles. The highest BCUT2D eigenvalue weighted by molar-refractivity contribution is 5.86. The molecule has 2 aromatic rings. The summed E-state index contributed by atoms with van der Waals surface area (Å²) in [7, 11) is 3.96. The number of anilines is 2. The minimum absolute atomic E-state index is 0.731. The van der Waals surface area contributed by atoms with Crippen molar-refractivity contribution in [1.82, 2.24) is 0 Å². The van der Waals surface area contributed by atoms with Gasteiger partial charge in [-0.15, -0.1) is 13.2 Å². The fourth-order valence-corrected chi connectivity index (χ4v) is 3.11. The molecule has 27 heavy (non-hydrogen) atoms. The van der Waals surface area contributed by atoms with E-state index in [1.54, 1.807) is 6.92 Å². The molecule has 0 saturated carbocycles. The molecule has 1 N–H and O–H groups in total. The fraction of sp³-hybridized carbons (Fsp3) is 0.261. The molecule has 2 rings (SSSR count). The molecule has 0 bridgehead atoms. The number of hydrogen-bond acceptors (Lipinski definition) is 3. The van der Waals surface area contributed by atoms with Crippen molar-refractivity contribution in [1.29, 1.82) is 0 Å². The molecule has 0 amide bonds. The molecular weight excluding hydrogens is 336 g/mol. The lowest BCUT2D eigenvalue weighted by Crippen LogP contribution is -2.33. The minimum Gasteiger partial charge on any atom is -0.480 e. The van der Waals surface area contributed by atoms with E-state index in [0.29, 0.717) is 0 Å². The summed E-state index contributed by atoms with van der Waals surface area (Å²) >= 11 is 0. The van der Waals surface area contributed by atoms with Crippen molar-refractivity contribution in [2.45, 2.75) is 12.3 Å². The zero-order valence-electron chi connectivity index (χ0n) is 16.4. The first-order valence-corrected chi connectivity index (χ1v) is 8.93. The van der Waals surface area contributed by atoms with Crippen LogP contribution >= 0.6 is 0 Å². The van der Waals surface area contributed by atoms with Crippen molar-refractivity contribution in [3.63, 3.8) is 0 Å². The van der Waals surface area contributed by atoms with Crippen LogP contribution in [0.15, 0.2) is 73.8 Å². The highest BCUT2D eigenvalue weighted by Gasteiger charge is 2.37. The number of aliphatic carboxylic acids is 1. The molecule has 0 spiro atoms. The molecule has 4 nitrogen and oxygen atoms in total. The van der Waals surface area contributed by atoms with Gasteiger partial charge in [-0.05, 0) is 42.3 Å². The first kappa shape index (κ1) is 20.3. The van der Waals surface area contributed by atoms with Gasteiger partial charge in [-0.25, -0.2) is 0 Å². The van der Waals surface area contributed by atoms with E-state index in [1.807, 2.05) is 74.8 Å². The minimum atomic E-state index is -1.12. The standard InChI is InChI=1S/C23H28N2O2/c1-6-16-24(4)20-12-8-18(9-13-20)23(3,22(26)27)19-10-14-21(15-11-19)25(5)17-7-2/h6-15H,1-2,16-17H2,3-5H3,(H,26,27). The maximum Gasteiger partial charge on any atom is 0.318 e. The third-order valence-corrected chi connectivity index (χ3v) is 5.00. The van der Waals surface area contributed by atoms with E-state index in [9.17, 15) is 9.90 Å². The maximum atomic E-state index is 12.2. The van der Waals surface area contributed by atoms with Gasteiger partial charge in [-0.2, -0.15) is 0 Å². The Labute approximate surface area is 162 Å². The molecule has 4 heteroatoms. The molecule has 0 aromatic heterocycles. The Morgan fingerprint density at radius 1 is 0.889 bits per heavy atom. The monoisotopic (exact) mass is 364 g/mol. The van der Waals surface area contributed by atoms with E-state index in [4.69, 9.17) is 0 Å². The molecule has 0 aliphatic carbocycles. The van der Waals surface area contributed by atoms with E-state index >= 15 is 0 Å². The summed E-state index contributed by atoms with van der Waals surface area (Å²) < 4.78 is 0. The number of carboxylic acid groups (broad SMARTS) is 1. The molecule has 0 radical (unpaired) electrons. The Bertz CT molecular complexity index is 735. The van der Waals surface area contributed by atoms with Crippen molar-refractivity contribution in [3.05, 3.63) is 85.0 Å². The first-order chi connectivity index (χ1) is 12.8. The Kier molecular flexibility index (Phi) is 6.45. The van der Waals surface area contributed by atoms with Gasteiger partial charge in [0.15, 0.2) is 0 Å². The van der Waals surface area contributed by atoms with E-state index in [2.05, 4.69) is 23.0 Å². The van der Waals surface area contributed by atoms with Crippen LogP contribution < -0.4 is 9.80 Å². The summed E-state index contributed by atoms with van der Waals surface area (Å²) in [6.45, 7) is 10.7. The van der Waals surface area contributed by atoms with Crippen LogP contribution in [0.25, 0.3) is 0 Å². The summed E-state index contributed by atoms with van der Waals surface area (Å²) in [5.41, 5.74) is 2.42. The average Bonchev–Trinajstić information content (AvgIpc) is 2.68. The quantitative estimate of drug-likeness (QED) is 0.673. The van der Waals surface area contributed by atoms with Gasteiger partial charge in [0, 0.05) is 38.6 Å². The Morgan fingerprint density at radius 3 is 1.48 bits per heavy atom. The van der Waals surface area contributed by atoms with Gasteiger partial charge in [0.05, 0.1) is 0 Å². The lowest BCUT2D eigenvalue weighted by molar-refractivity contribution is -0.141. The summed E-state index contributed by atoms with van der Waals surface area (Å²) in [6, 6.07) is 15.4. The van der Waals surface area contributed by atoms with Crippen LogP contribution in [0.5, 0.6) is 0 Å². The molecule has 0 aliphatic heterocycles. The van der Waals surface area contributed by atoms with Crippen LogP contribution in [0.3, 0.4) is 0 Å². The van der Waals surface area contributed by atoms with Gasteiger partial charge in [0.25, 0.3) is 0 Å². The predicted molar refractivity (Wildman–Crippen MR) is 114 cm³/mol. The highest BCUT2D eigenvalue weighted by atomic mass is 16.4. The molecule has 0 saturated heterocycles. The third-order valence-electron chi connectivity index (χ3n) is 5.00. The number of carboxylic acids is 1. The van der Waals surface area contributed by atoms with Crippen LogP contribution in [-0.4, -0.2) is 38.3 Å². The summed E-state index contributed by atoms with van der Waals surface area (Å²) in [4.78, 5) is 16.3. The first-order valence-electron chi connectivity index (χ1n) is 8.93. The van der Waals surface area contributed by atoms with Crippen molar-refractivity contribution < 1.29 is 9.90 Å². The summed E-state index contributed by atoms with van der Waals surface area (Å²) in [6.07, 6.45) is 3.67. The number of likely N-dealkylation sites (N-methyl/N-ethyl adjacent to an activating group) is 2. The van der Waals surface area contributed by atoms with Gasteiger partial charge < -0.3 is 14.9 Å². The number of carbonyl (C=O) groups is 1. The molecule has 0 fully saturated rings. The van der Waals surface area contributed by atoms with E-state index in [-0.39, 0.29) is 0 Å². The van der Waals surface area contributed by atoms with Crippen LogP contribution in [0.2, 0.25) is 0 Å². The van der Waals surface area contributed by atoms with E-state index < -0.39 is 11.4 Å². The van der Waals surface area contributed by atoms with Gasteiger partial charge in [-0.3, -0.25) is 4.79 Å². The Hall–Kier alpha value is -3.01. The van der Waals surface area contributed by atoms with Crippen LogP contribution in [0.4, 0.5) is 11.4 Å². The molecule has 0 aliphatic rings. The van der Waals surface area contributed by atoms with Crippen molar-refractivity contribution in [3.8, 4) is 0 Å². The largest absolute Gasteiger partial charge is 0.480 e. The SMILES string of the molecule is C=CCN(C)c1ccc(C(C)(C(=O)O)c2ccc(N(C)CC=C)cc2)cc1. The molecule has 142 valence electrons. The van der Waals surface area contributed by atoms with Crippen LogP contribution in [-0.2, 0) is 10.2 Å². The summed E-state index contributed by atoms with van der Waals surface area (Å²) in [5, 5.41) is 10.0. The van der Waals surface area contributed by atoms with Crippen LogP contribution in [0.1, 0.15) is 18.1 Å². The lowest BCUT2D eigenvalue weighted by atomic mass is 9.76. The second-order valence-corrected chi connectivity index (χ2v) is 6.86. The molecule has 0 atom stereocenters. The molecule has 0 heterocycles. The third kappa shape index (κ3) is 4.22. The highest BCUT2D eigenvalue weighted by Crippen LogP contribution is 2.34. The van der Waals surface area contributed by atoms with E-state index in [0.717, 1.165) is 35.6 Å². The maximum absolute atomic E-state index is 12.2. The average molecular weight is 364 g/mol. The second-order valence-electron chi connectivity index (χ2n) is 6.86. The zero-order chi connectivity index (χ0) is 20.0. The zero-order valence-corrected chi connectivity index (χ0v) is 16.4. The van der Waals surface area contributed by atoms with Gasteiger partial charge in [0.2, 0.25) is 0 Å². The second kappa shape index (κ2) is 8.58. The van der Waals surface area contributed by atoms with Crippen molar-refractivity contribution in [2.24, 2.45) is 0 Å². The topological polar surface area (TPSA) is 43.8 Å². The van der Waals surface area contributed by atoms with Gasteiger partial charge in [0.1, 0.15) is 5.41 Å². The smallest absolute Gasteiger partial charge is 0.318 e. The lowest BCUT2D eigenvalue weighted by Gasteiger charge is -2.28. The number of rotatable bonds is 9. The van der Waals surface area contributed by atoms with Gasteiger partial charge in [-0.1, -0.05) is 36.4 Å². The Balaban J connectivity index is 2.38. The number of benzene rings is 2. The molecule has 0 unspecified atom stereocenters. The fourth-order valence-electron chi connectivity index (χ4n) is 3.11. The van der Waals surface area contributed by atoms with Crippen LogP contribution in [0, 0.1) is 0 Å². The van der Waals surface area contributed by atoms with Crippen molar-refractivity contribution >= 4 is 17.3 Å². The number of nitrogens with zero attached hydrogens (tertiary/aromatic N) is 2. The predicted octanol–water partition coefficient (Wildman–Crippen LogP) is 4.32.